The summed E-state index contributed by atoms with van der Waals surface area (Å²) < 4.78 is 10.8. The van der Waals surface area contributed by atoms with Crippen molar-refractivity contribution < 1.29 is 14.1 Å². The molecule has 1 unspecified atom stereocenters. The molecule has 8 heteroatoms. The topological polar surface area (TPSA) is 80.5 Å². The average Bonchev–Trinajstić information content (AvgIpc) is 3.45. The lowest BCUT2D eigenvalue weighted by atomic mass is 9.94. The number of benzene rings is 1. The molecule has 1 atom stereocenters. The van der Waals surface area contributed by atoms with Gasteiger partial charge in [0.15, 0.2) is 0 Å². The number of aromatic nitrogens is 2. The van der Waals surface area contributed by atoms with Crippen molar-refractivity contribution in [1.82, 2.24) is 20.4 Å². The van der Waals surface area contributed by atoms with E-state index >= 15 is 0 Å². The van der Waals surface area contributed by atoms with Gasteiger partial charge in [0.05, 0.1) is 29.6 Å². The Bertz CT molecular complexity index is 1040. The Kier molecular flexibility index (Phi) is 5.96. The number of carbonyl (C=O) groups is 1. The quantitative estimate of drug-likeness (QED) is 0.604. The maximum Gasteiger partial charge on any atom is 0.322 e. The highest BCUT2D eigenvalue weighted by molar-refractivity contribution is 7.13. The van der Waals surface area contributed by atoms with Crippen LogP contribution in [0.2, 0.25) is 0 Å². The zero-order chi connectivity index (χ0) is 21.1. The zero-order valence-corrected chi connectivity index (χ0v) is 18.0. The molecule has 3 aromatic rings. The van der Waals surface area contributed by atoms with Gasteiger partial charge in [-0.1, -0.05) is 42.4 Å². The number of hydrogen-bond donors (Lipinski definition) is 1. The summed E-state index contributed by atoms with van der Waals surface area (Å²) in [5.74, 6) is 0.948. The van der Waals surface area contributed by atoms with Crippen molar-refractivity contribution in [2.75, 3.05) is 20.3 Å². The summed E-state index contributed by atoms with van der Waals surface area (Å²) in [6.45, 7) is 4.89. The fourth-order valence-corrected chi connectivity index (χ4v) is 4.19. The number of nitrogens with zero attached hydrogens (tertiary/aromatic N) is 3. The Morgan fingerprint density at radius 1 is 1.27 bits per heavy atom. The number of rotatable bonds is 7. The molecule has 1 N–H and O–H groups in total. The molecular formula is C22H24N4O3S. The summed E-state index contributed by atoms with van der Waals surface area (Å²) in [5, 5.41) is 9.24. The van der Waals surface area contributed by atoms with Gasteiger partial charge in [-0.05, 0) is 35.9 Å². The maximum atomic E-state index is 12.8. The van der Waals surface area contributed by atoms with Crippen LogP contribution >= 0.6 is 11.3 Å². The van der Waals surface area contributed by atoms with E-state index in [-0.39, 0.29) is 12.1 Å². The molecule has 0 saturated carbocycles. The average molecular weight is 425 g/mol. The van der Waals surface area contributed by atoms with Crippen LogP contribution in [0, 0.1) is 0 Å². The van der Waals surface area contributed by atoms with E-state index in [0.717, 1.165) is 28.1 Å². The molecule has 1 aromatic carbocycles. The van der Waals surface area contributed by atoms with Crippen LogP contribution in [0.4, 0.5) is 4.79 Å². The fourth-order valence-electron chi connectivity index (χ4n) is 3.54. The number of amides is 2. The van der Waals surface area contributed by atoms with Gasteiger partial charge in [0.2, 0.25) is 5.82 Å². The molecule has 0 spiro atoms. The Labute approximate surface area is 179 Å². The van der Waals surface area contributed by atoms with Gasteiger partial charge >= 0.3 is 6.03 Å². The number of nitrogens with one attached hydrogen (secondary N) is 1. The molecule has 4 rings (SSSR count). The van der Waals surface area contributed by atoms with Crippen molar-refractivity contribution in [3.8, 4) is 10.7 Å². The van der Waals surface area contributed by atoms with Gasteiger partial charge in [-0.2, -0.15) is 4.98 Å². The van der Waals surface area contributed by atoms with Crippen molar-refractivity contribution in [2.24, 2.45) is 0 Å². The largest absolute Gasteiger partial charge is 0.383 e. The molecule has 30 heavy (non-hydrogen) atoms. The minimum Gasteiger partial charge on any atom is -0.383 e. The summed E-state index contributed by atoms with van der Waals surface area (Å²) in [6.07, 6.45) is 0.956. The molecule has 1 aliphatic rings. The number of urea groups is 1. The molecule has 0 aliphatic carbocycles. The maximum absolute atomic E-state index is 12.8. The van der Waals surface area contributed by atoms with Crippen LogP contribution < -0.4 is 5.32 Å². The molecule has 0 fully saturated rings. The predicted octanol–water partition coefficient (Wildman–Crippen LogP) is 4.50. The lowest BCUT2D eigenvalue weighted by molar-refractivity contribution is 0.158. The summed E-state index contributed by atoms with van der Waals surface area (Å²) in [6, 6.07) is 11.6. The molecule has 0 saturated heterocycles. The third-order valence-electron chi connectivity index (χ3n) is 5.23. The Morgan fingerprint density at radius 2 is 2.07 bits per heavy atom. The summed E-state index contributed by atoms with van der Waals surface area (Å²) >= 11 is 1.55. The Hall–Kier alpha value is -2.97. The third kappa shape index (κ3) is 3.88. The molecule has 7 nitrogen and oxygen atoms in total. The number of methoxy groups -OCH3 is 1. The molecule has 156 valence electrons. The molecule has 0 bridgehead atoms. The lowest BCUT2D eigenvalue weighted by Gasteiger charge is -2.35. The fraction of sp³-hybridized carbons (Fsp3) is 0.318. The number of thiophene rings is 1. The second-order valence-corrected chi connectivity index (χ2v) is 7.97. The van der Waals surface area contributed by atoms with Gasteiger partial charge in [-0.25, -0.2) is 4.79 Å². The predicted molar refractivity (Wildman–Crippen MR) is 116 cm³/mol. The molecule has 2 amide bonds. The second kappa shape index (κ2) is 8.81. The first-order valence-electron chi connectivity index (χ1n) is 9.87. The standard InChI is InChI=1S/C22H24N4O3S/c1-4-15-7-9-16(10-8-15)19-18(14(2)26(11-12-28-3)22(27)23-19)21-24-20(25-29-21)17-6-5-13-30-17/h5-10,13,19H,4,11-12H2,1-3H3,(H,23,27). The van der Waals surface area contributed by atoms with Gasteiger partial charge in [0.25, 0.3) is 5.89 Å². The summed E-state index contributed by atoms with van der Waals surface area (Å²) in [5.41, 5.74) is 3.78. The van der Waals surface area contributed by atoms with Crippen LogP contribution in [-0.2, 0) is 11.2 Å². The van der Waals surface area contributed by atoms with Gasteiger partial charge in [0, 0.05) is 12.8 Å². The summed E-state index contributed by atoms with van der Waals surface area (Å²) in [7, 11) is 1.62. The molecule has 2 aromatic heterocycles. The van der Waals surface area contributed by atoms with E-state index in [0.29, 0.717) is 24.9 Å². The van der Waals surface area contributed by atoms with Crippen LogP contribution in [0.5, 0.6) is 0 Å². The SMILES string of the molecule is CCc1ccc(C2NC(=O)N(CCOC)C(C)=C2c2nc(-c3cccs3)no2)cc1. The molecule has 3 heterocycles. The van der Waals surface area contributed by atoms with Gasteiger partial charge in [-0.15, -0.1) is 11.3 Å². The smallest absolute Gasteiger partial charge is 0.322 e. The van der Waals surface area contributed by atoms with E-state index in [1.165, 1.54) is 5.56 Å². The monoisotopic (exact) mass is 424 g/mol. The molecular weight excluding hydrogens is 400 g/mol. The lowest BCUT2D eigenvalue weighted by Crippen LogP contribution is -2.47. The van der Waals surface area contributed by atoms with E-state index in [1.54, 1.807) is 23.3 Å². The van der Waals surface area contributed by atoms with Crippen LogP contribution in [0.3, 0.4) is 0 Å². The van der Waals surface area contributed by atoms with Crippen molar-refractivity contribution >= 4 is 22.9 Å². The summed E-state index contributed by atoms with van der Waals surface area (Å²) in [4.78, 5) is 20.1. The highest BCUT2D eigenvalue weighted by Crippen LogP contribution is 2.37. The van der Waals surface area contributed by atoms with Crippen molar-refractivity contribution in [2.45, 2.75) is 26.3 Å². The van der Waals surface area contributed by atoms with Crippen molar-refractivity contribution in [1.29, 1.82) is 0 Å². The van der Waals surface area contributed by atoms with Gasteiger partial charge in [-0.3, -0.25) is 4.90 Å². The van der Waals surface area contributed by atoms with E-state index in [4.69, 9.17) is 9.26 Å². The van der Waals surface area contributed by atoms with Gasteiger partial charge in [0.1, 0.15) is 0 Å². The Balaban J connectivity index is 1.78. The van der Waals surface area contributed by atoms with Crippen molar-refractivity contribution in [3.63, 3.8) is 0 Å². The first-order chi connectivity index (χ1) is 14.6. The van der Waals surface area contributed by atoms with Gasteiger partial charge < -0.3 is 14.6 Å². The van der Waals surface area contributed by atoms with E-state index in [2.05, 4.69) is 34.5 Å². The van der Waals surface area contributed by atoms with E-state index in [9.17, 15) is 4.79 Å². The van der Waals surface area contributed by atoms with E-state index < -0.39 is 0 Å². The first kappa shape index (κ1) is 20.3. The minimum atomic E-state index is -0.376. The number of carbonyl (C=O) groups excluding carboxylic acids is 1. The second-order valence-electron chi connectivity index (χ2n) is 7.02. The highest BCUT2D eigenvalue weighted by Gasteiger charge is 2.35. The van der Waals surface area contributed by atoms with Crippen LogP contribution in [0.25, 0.3) is 16.3 Å². The normalized spacial score (nSPS) is 16.8. The molecule has 0 radical (unpaired) electrons. The number of hydrogen-bond acceptors (Lipinski definition) is 6. The molecule has 1 aliphatic heterocycles. The zero-order valence-electron chi connectivity index (χ0n) is 17.2. The number of allylic oxidation sites excluding steroid dienone is 1. The third-order valence-corrected chi connectivity index (χ3v) is 6.10. The minimum absolute atomic E-state index is 0.170. The van der Waals surface area contributed by atoms with Crippen LogP contribution in [-0.4, -0.2) is 41.3 Å². The van der Waals surface area contributed by atoms with Crippen LogP contribution in [0.15, 0.2) is 52.0 Å². The Morgan fingerprint density at radius 3 is 2.73 bits per heavy atom. The van der Waals surface area contributed by atoms with Crippen LogP contribution in [0.1, 0.15) is 36.9 Å². The van der Waals surface area contributed by atoms with Crippen molar-refractivity contribution in [3.05, 3.63) is 64.5 Å². The number of aryl methyl sites for hydroxylation is 1. The highest BCUT2D eigenvalue weighted by atomic mass is 32.1. The number of ether oxygens (including phenoxy) is 1. The van der Waals surface area contributed by atoms with E-state index in [1.807, 2.05) is 36.6 Å². The first-order valence-corrected chi connectivity index (χ1v) is 10.7.